The van der Waals surface area contributed by atoms with E-state index in [0.29, 0.717) is 18.9 Å². The number of nitrogens with zero attached hydrogens (tertiary/aromatic N) is 4. The molecule has 144 valence electrons. The maximum absolute atomic E-state index is 12.4. The van der Waals surface area contributed by atoms with Crippen molar-refractivity contribution >= 4 is 11.7 Å². The van der Waals surface area contributed by atoms with Crippen LogP contribution in [0.3, 0.4) is 0 Å². The summed E-state index contributed by atoms with van der Waals surface area (Å²) in [7, 11) is 0. The second kappa shape index (κ2) is 8.37. The molecule has 1 saturated heterocycles. The molecule has 1 aromatic heterocycles. The number of hydrogen-bond donors (Lipinski definition) is 0. The zero-order valence-corrected chi connectivity index (χ0v) is 16.4. The van der Waals surface area contributed by atoms with Crippen molar-refractivity contribution < 1.29 is 4.79 Å². The molecule has 1 aliphatic heterocycles. The molecule has 0 radical (unpaired) electrons. The Bertz CT molecular complexity index is 842. The van der Waals surface area contributed by atoms with E-state index < -0.39 is 0 Å². The fraction of sp³-hybridized carbons (Fsp3) is 0.476. The van der Waals surface area contributed by atoms with Gasteiger partial charge < -0.3 is 9.80 Å². The molecule has 6 nitrogen and oxygen atoms in total. The molecule has 0 aliphatic carbocycles. The number of benzene rings is 1. The lowest BCUT2D eigenvalue weighted by Gasteiger charge is -2.23. The summed E-state index contributed by atoms with van der Waals surface area (Å²) in [6.07, 6.45) is 1.49. The molecular weight excluding hydrogens is 340 g/mol. The average molecular weight is 368 g/mol. The molecule has 0 N–H and O–H groups in total. The lowest BCUT2D eigenvalue weighted by atomic mass is 10.1. The number of aromatic nitrogens is 2. The van der Waals surface area contributed by atoms with E-state index >= 15 is 0 Å². The van der Waals surface area contributed by atoms with Gasteiger partial charge in [0.15, 0.2) is 0 Å². The molecule has 0 bridgehead atoms. The predicted octanol–water partition coefficient (Wildman–Crippen LogP) is 2.63. The van der Waals surface area contributed by atoms with Crippen LogP contribution < -0.4 is 10.5 Å². The molecule has 1 aromatic carbocycles. The van der Waals surface area contributed by atoms with E-state index in [-0.39, 0.29) is 11.5 Å². The fourth-order valence-corrected chi connectivity index (χ4v) is 3.32. The van der Waals surface area contributed by atoms with E-state index in [1.165, 1.54) is 4.68 Å². The van der Waals surface area contributed by atoms with E-state index in [4.69, 9.17) is 0 Å². The Morgan fingerprint density at radius 3 is 2.48 bits per heavy atom. The maximum Gasteiger partial charge on any atom is 0.271 e. The summed E-state index contributed by atoms with van der Waals surface area (Å²) in [6, 6.07) is 11.1. The van der Waals surface area contributed by atoms with Crippen LogP contribution in [0.1, 0.15) is 32.3 Å². The number of rotatable bonds is 4. The lowest BCUT2D eigenvalue weighted by Crippen LogP contribution is -2.36. The van der Waals surface area contributed by atoms with Gasteiger partial charge in [0.2, 0.25) is 5.91 Å². The second-order valence-corrected chi connectivity index (χ2v) is 7.60. The first-order valence-corrected chi connectivity index (χ1v) is 9.64. The van der Waals surface area contributed by atoms with Crippen LogP contribution in [0.4, 0.5) is 5.82 Å². The van der Waals surface area contributed by atoms with Gasteiger partial charge in [0.25, 0.3) is 5.56 Å². The molecule has 0 spiro atoms. The third-order valence-electron chi connectivity index (χ3n) is 4.82. The first kappa shape index (κ1) is 19.1. The van der Waals surface area contributed by atoms with Crippen molar-refractivity contribution in [1.29, 1.82) is 0 Å². The SMILES string of the molecule is Cc1ccc(-n2nc(N3CCCN(C(=O)CC(C)C)CC3)ccc2=O)cc1. The van der Waals surface area contributed by atoms with Crippen LogP contribution in [0.15, 0.2) is 41.2 Å². The number of hydrogen-bond acceptors (Lipinski definition) is 4. The standard InChI is InChI=1S/C21H28N4O2/c1-16(2)15-21(27)24-12-4-11-23(13-14-24)19-9-10-20(26)25(22-19)18-7-5-17(3)6-8-18/h5-10,16H,4,11-15H2,1-3H3. The third kappa shape index (κ3) is 4.76. The quantitative estimate of drug-likeness (QED) is 0.832. The van der Waals surface area contributed by atoms with Gasteiger partial charge in [0, 0.05) is 38.7 Å². The van der Waals surface area contributed by atoms with Crippen LogP contribution in [0.25, 0.3) is 5.69 Å². The predicted molar refractivity (Wildman–Crippen MR) is 107 cm³/mol. The second-order valence-electron chi connectivity index (χ2n) is 7.60. The molecule has 0 unspecified atom stereocenters. The van der Waals surface area contributed by atoms with Crippen molar-refractivity contribution in [3.05, 3.63) is 52.3 Å². The summed E-state index contributed by atoms with van der Waals surface area (Å²) in [5, 5.41) is 4.58. The molecule has 1 amide bonds. The van der Waals surface area contributed by atoms with E-state index in [1.807, 2.05) is 36.1 Å². The number of anilines is 1. The maximum atomic E-state index is 12.4. The Morgan fingerprint density at radius 2 is 1.78 bits per heavy atom. The van der Waals surface area contributed by atoms with Gasteiger partial charge in [-0.05, 0) is 37.5 Å². The van der Waals surface area contributed by atoms with Crippen molar-refractivity contribution in [2.75, 3.05) is 31.1 Å². The Hall–Kier alpha value is -2.63. The van der Waals surface area contributed by atoms with Crippen LogP contribution in [-0.4, -0.2) is 46.8 Å². The summed E-state index contributed by atoms with van der Waals surface area (Å²) in [6.45, 7) is 9.17. The monoisotopic (exact) mass is 368 g/mol. The Morgan fingerprint density at radius 1 is 1.04 bits per heavy atom. The normalized spacial score (nSPS) is 15.1. The van der Waals surface area contributed by atoms with Crippen LogP contribution >= 0.6 is 0 Å². The summed E-state index contributed by atoms with van der Waals surface area (Å²) in [5.41, 5.74) is 1.75. The van der Waals surface area contributed by atoms with Gasteiger partial charge in [-0.3, -0.25) is 9.59 Å². The van der Waals surface area contributed by atoms with Gasteiger partial charge in [0.1, 0.15) is 5.82 Å². The van der Waals surface area contributed by atoms with Crippen molar-refractivity contribution in [2.45, 2.75) is 33.6 Å². The third-order valence-corrected chi connectivity index (χ3v) is 4.82. The highest BCUT2D eigenvalue weighted by Crippen LogP contribution is 2.15. The van der Waals surface area contributed by atoms with Crippen molar-refractivity contribution in [3.8, 4) is 5.69 Å². The molecule has 1 fully saturated rings. The van der Waals surface area contributed by atoms with Crippen molar-refractivity contribution in [3.63, 3.8) is 0 Å². The zero-order chi connectivity index (χ0) is 19.4. The minimum absolute atomic E-state index is 0.147. The Balaban J connectivity index is 1.77. The van der Waals surface area contributed by atoms with Gasteiger partial charge in [-0.1, -0.05) is 31.5 Å². The topological polar surface area (TPSA) is 58.4 Å². The number of aryl methyl sites for hydroxylation is 1. The largest absolute Gasteiger partial charge is 0.353 e. The summed E-state index contributed by atoms with van der Waals surface area (Å²) in [4.78, 5) is 28.8. The van der Waals surface area contributed by atoms with Gasteiger partial charge >= 0.3 is 0 Å². The molecule has 2 heterocycles. The smallest absolute Gasteiger partial charge is 0.271 e. The van der Waals surface area contributed by atoms with E-state index in [1.54, 1.807) is 12.1 Å². The minimum atomic E-state index is -0.147. The highest BCUT2D eigenvalue weighted by molar-refractivity contribution is 5.76. The summed E-state index contributed by atoms with van der Waals surface area (Å²) < 4.78 is 1.45. The molecular formula is C21H28N4O2. The first-order chi connectivity index (χ1) is 12.9. The Kier molecular flexibility index (Phi) is 5.94. The van der Waals surface area contributed by atoms with Gasteiger partial charge in [-0.25, -0.2) is 0 Å². The lowest BCUT2D eigenvalue weighted by molar-refractivity contribution is -0.131. The number of amides is 1. The number of carbonyl (C=O) groups is 1. The van der Waals surface area contributed by atoms with Crippen LogP contribution in [0, 0.1) is 12.8 Å². The van der Waals surface area contributed by atoms with Crippen LogP contribution in [0.2, 0.25) is 0 Å². The first-order valence-electron chi connectivity index (χ1n) is 9.64. The van der Waals surface area contributed by atoms with E-state index in [2.05, 4.69) is 23.8 Å². The van der Waals surface area contributed by atoms with Gasteiger partial charge in [-0.2, -0.15) is 4.68 Å². The van der Waals surface area contributed by atoms with Crippen LogP contribution in [0.5, 0.6) is 0 Å². The molecule has 1 aliphatic rings. The number of carbonyl (C=O) groups excluding carboxylic acids is 1. The summed E-state index contributed by atoms with van der Waals surface area (Å²) in [5.74, 6) is 1.37. The molecule has 27 heavy (non-hydrogen) atoms. The molecule has 2 aromatic rings. The van der Waals surface area contributed by atoms with E-state index in [0.717, 1.165) is 43.1 Å². The summed E-state index contributed by atoms with van der Waals surface area (Å²) >= 11 is 0. The zero-order valence-electron chi connectivity index (χ0n) is 16.4. The van der Waals surface area contributed by atoms with Crippen LogP contribution in [-0.2, 0) is 4.79 Å². The highest BCUT2D eigenvalue weighted by atomic mass is 16.2. The van der Waals surface area contributed by atoms with Crippen molar-refractivity contribution in [1.82, 2.24) is 14.7 Å². The molecule has 0 atom stereocenters. The fourth-order valence-electron chi connectivity index (χ4n) is 3.32. The minimum Gasteiger partial charge on any atom is -0.353 e. The Labute approximate surface area is 160 Å². The van der Waals surface area contributed by atoms with Gasteiger partial charge in [0.05, 0.1) is 5.69 Å². The van der Waals surface area contributed by atoms with Gasteiger partial charge in [-0.15, -0.1) is 5.10 Å². The molecule has 6 heteroatoms. The average Bonchev–Trinajstić information content (AvgIpc) is 2.89. The molecule has 3 rings (SSSR count). The van der Waals surface area contributed by atoms with Crippen molar-refractivity contribution in [2.24, 2.45) is 5.92 Å². The van der Waals surface area contributed by atoms with E-state index in [9.17, 15) is 9.59 Å². The highest BCUT2D eigenvalue weighted by Gasteiger charge is 2.21. The molecule has 0 saturated carbocycles.